The van der Waals surface area contributed by atoms with E-state index in [4.69, 9.17) is 4.74 Å². The van der Waals surface area contributed by atoms with Crippen LogP contribution in [0.1, 0.15) is 45.2 Å². The molecule has 0 fully saturated rings. The Morgan fingerprint density at radius 1 is 1.44 bits per heavy atom. The third-order valence-electron chi connectivity index (χ3n) is 4.50. The molecule has 0 radical (unpaired) electrons. The second kappa shape index (κ2) is 7.01. The summed E-state index contributed by atoms with van der Waals surface area (Å²) < 4.78 is 6.99. The number of hydrogen-bond acceptors (Lipinski definition) is 5. The van der Waals surface area contributed by atoms with Crippen molar-refractivity contribution < 1.29 is 14.6 Å². The van der Waals surface area contributed by atoms with Crippen molar-refractivity contribution in [3.63, 3.8) is 0 Å². The van der Waals surface area contributed by atoms with Crippen molar-refractivity contribution in [3.8, 4) is 6.07 Å². The smallest absolute Gasteiger partial charge is 0.336 e. The summed E-state index contributed by atoms with van der Waals surface area (Å²) in [4.78, 5) is 16.6. The number of nitriles is 1. The summed E-state index contributed by atoms with van der Waals surface area (Å²) in [5.41, 5.74) is 3.45. The molecule has 0 saturated heterocycles. The number of hydrogen-bond donors (Lipinski definition) is 1. The Morgan fingerprint density at radius 3 is 2.81 bits per heavy atom. The first kappa shape index (κ1) is 18.9. The predicted molar refractivity (Wildman–Crippen MR) is 103 cm³/mol. The van der Waals surface area contributed by atoms with Gasteiger partial charge in [-0.05, 0) is 45.4 Å². The Morgan fingerprint density at radius 2 is 2.19 bits per heavy atom. The largest absolute Gasteiger partial charge is 0.463 e. The van der Waals surface area contributed by atoms with Crippen molar-refractivity contribution in [3.05, 3.63) is 46.8 Å². The van der Waals surface area contributed by atoms with Crippen molar-refractivity contribution in [2.75, 3.05) is 6.61 Å². The fourth-order valence-corrected chi connectivity index (χ4v) is 3.32. The van der Waals surface area contributed by atoms with E-state index in [-0.39, 0.29) is 5.97 Å². The molecule has 0 amide bonds. The maximum Gasteiger partial charge on any atom is 0.336 e. The van der Waals surface area contributed by atoms with Crippen molar-refractivity contribution in [2.45, 2.75) is 46.3 Å². The Kier molecular flexibility index (Phi) is 4.90. The minimum atomic E-state index is -0.886. The molecule has 6 nitrogen and oxygen atoms in total. The monoisotopic (exact) mass is 365 g/mol. The van der Waals surface area contributed by atoms with Crippen LogP contribution in [0, 0.1) is 11.3 Å². The lowest BCUT2D eigenvalue weighted by Gasteiger charge is -2.18. The van der Waals surface area contributed by atoms with Gasteiger partial charge in [0.2, 0.25) is 0 Å². The predicted octanol–water partition coefficient (Wildman–Crippen LogP) is 3.31. The number of ether oxygens (including phenoxy) is 1. The number of aliphatic imine (C=N–C) groups is 1. The zero-order valence-corrected chi connectivity index (χ0v) is 16.0. The first-order valence-electron chi connectivity index (χ1n) is 8.93. The van der Waals surface area contributed by atoms with Crippen molar-refractivity contribution in [1.29, 1.82) is 5.26 Å². The van der Waals surface area contributed by atoms with E-state index >= 15 is 0 Å². The minimum absolute atomic E-state index is 0.330. The average Bonchev–Trinajstić information content (AvgIpc) is 3.14. The Balaban J connectivity index is 1.96. The molecule has 140 valence electrons. The van der Waals surface area contributed by atoms with Crippen LogP contribution in [0.5, 0.6) is 0 Å². The van der Waals surface area contributed by atoms with Gasteiger partial charge in [0, 0.05) is 29.2 Å². The lowest BCUT2D eigenvalue weighted by atomic mass is 10.0. The zero-order valence-electron chi connectivity index (χ0n) is 16.0. The highest BCUT2D eigenvalue weighted by molar-refractivity contribution is 6.11. The average molecular weight is 365 g/mol. The highest BCUT2D eigenvalue weighted by Crippen LogP contribution is 2.28. The lowest BCUT2D eigenvalue weighted by Crippen LogP contribution is -2.25. The van der Waals surface area contributed by atoms with Gasteiger partial charge in [0.25, 0.3) is 0 Å². The van der Waals surface area contributed by atoms with Gasteiger partial charge < -0.3 is 14.4 Å². The summed E-state index contributed by atoms with van der Waals surface area (Å²) in [6, 6.07) is 8.01. The molecule has 0 saturated carbocycles. The van der Waals surface area contributed by atoms with E-state index in [1.807, 2.05) is 22.8 Å². The number of aromatic nitrogens is 1. The van der Waals surface area contributed by atoms with E-state index < -0.39 is 5.60 Å². The number of carbonyl (C=O) groups excluding carboxylic acids is 1. The SMILES string of the molecule is CCOC(=O)C1=C(C)N=C(c2ccc3c(c2)c(C#N)cn3CC(C)(C)O)C1. The molecule has 1 aliphatic heterocycles. The molecule has 6 heteroatoms. The van der Waals surface area contributed by atoms with E-state index in [1.54, 1.807) is 33.9 Å². The normalized spacial score (nSPS) is 14.4. The van der Waals surface area contributed by atoms with Crippen LogP contribution in [0.2, 0.25) is 0 Å². The van der Waals surface area contributed by atoms with Crippen molar-refractivity contribution >= 4 is 22.6 Å². The number of allylic oxidation sites excluding steroid dienone is 1. The molecule has 1 aromatic heterocycles. The van der Waals surface area contributed by atoms with Crippen LogP contribution >= 0.6 is 0 Å². The maximum atomic E-state index is 12.1. The number of carbonyl (C=O) groups is 1. The molecule has 1 aliphatic rings. The van der Waals surface area contributed by atoms with Gasteiger partial charge in [-0.1, -0.05) is 6.07 Å². The maximum absolute atomic E-state index is 12.1. The number of benzene rings is 1. The summed E-state index contributed by atoms with van der Waals surface area (Å²) >= 11 is 0. The summed E-state index contributed by atoms with van der Waals surface area (Å²) in [5, 5.41) is 20.4. The molecule has 3 rings (SSSR count). The molecule has 27 heavy (non-hydrogen) atoms. The van der Waals surface area contributed by atoms with Crippen LogP contribution in [0.15, 0.2) is 40.7 Å². The molecule has 0 bridgehead atoms. The molecule has 1 aromatic carbocycles. The zero-order chi connectivity index (χ0) is 19.8. The van der Waals surface area contributed by atoms with Crippen LogP contribution in [-0.2, 0) is 16.1 Å². The Bertz CT molecular complexity index is 1010. The van der Waals surface area contributed by atoms with Crippen molar-refractivity contribution in [1.82, 2.24) is 4.57 Å². The van der Waals surface area contributed by atoms with Gasteiger partial charge in [0.1, 0.15) is 6.07 Å². The molecule has 0 unspecified atom stereocenters. The number of esters is 1. The number of nitrogens with zero attached hydrogens (tertiary/aromatic N) is 3. The van der Waals surface area contributed by atoms with Gasteiger partial charge in [-0.2, -0.15) is 5.26 Å². The second-order valence-electron chi connectivity index (χ2n) is 7.35. The molecule has 0 spiro atoms. The van der Waals surface area contributed by atoms with E-state index in [2.05, 4.69) is 11.1 Å². The Labute approximate surface area is 158 Å². The highest BCUT2D eigenvalue weighted by atomic mass is 16.5. The fraction of sp³-hybridized carbons (Fsp3) is 0.381. The molecule has 0 atom stereocenters. The first-order valence-corrected chi connectivity index (χ1v) is 8.93. The van der Waals surface area contributed by atoms with Crippen LogP contribution in [0.3, 0.4) is 0 Å². The number of aliphatic hydroxyl groups is 1. The molecular formula is C21H23N3O3. The molecule has 2 heterocycles. The van der Waals surface area contributed by atoms with E-state index in [9.17, 15) is 15.2 Å². The van der Waals surface area contributed by atoms with Gasteiger partial charge >= 0.3 is 5.97 Å². The lowest BCUT2D eigenvalue weighted by molar-refractivity contribution is -0.138. The molecular weight excluding hydrogens is 342 g/mol. The Hall–Kier alpha value is -2.91. The minimum Gasteiger partial charge on any atom is -0.463 e. The summed E-state index contributed by atoms with van der Waals surface area (Å²) in [5.74, 6) is -0.330. The van der Waals surface area contributed by atoms with Crippen molar-refractivity contribution in [2.24, 2.45) is 4.99 Å². The fourth-order valence-electron chi connectivity index (χ4n) is 3.32. The third-order valence-corrected chi connectivity index (χ3v) is 4.50. The van der Waals surface area contributed by atoms with Gasteiger partial charge in [-0.15, -0.1) is 0 Å². The van der Waals surface area contributed by atoms with Crippen LogP contribution in [0.25, 0.3) is 10.9 Å². The van der Waals surface area contributed by atoms with E-state index in [0.29, 0.717) is 36.4 Å². The topological polar surface area (TPSA) is 87.6 Å². The van der Waals surface area contributed by atoms with E-state index in [1.165, 1.54) is 0 Å². The number of fused-ring (bicyclic) bond motifs is 1. The number of rotatable bonds is 5. The van der Waals surface area contributed by atoms with Gasteiger partial charge in [0.05, 0.1) is 35.6 Å². The second-order valence-corrected chi connectivity index (χ2v) is 7.35. The molecule has 2 aromatic rings. The van der Waals surface area contributed by atoms with Crippen LogP contribution in [-0.4, -0.2) is 33.6 Å². The van der Waals surface area contributed by atoms with Gasteiger partial charge in [0.15, 0.2) is 0 Å². The quantitative estimate of drug-likeness (QED) is 0.824. The third kappa shape index (κ3) is 3.79. The highest BCUT2D eigenvalue weighted by Gasteiger charge is 2.24. The first-order chi connectivity index (χ1) is 12.7. The standard InChI is InChI=1S/C21H23N3O3/c1-5-27-20(25)16-9-18(23-13(16)2)14-6-7-19-17(8-14)15(10-22)11-24(19)12-21(3,4)26/h6-8,11,26H,5,9,12H2,1-4H3. The van der Waals surface area contributed by atoms with Crippen LogP contribution < -0.4 is 0 Å². The van der Waals surface area contributed by atoms with E-state index in [0.717, 1.165) is 22.2 Å². The van der Waals surface area contributed by atoms with Gasteiger partial charge in [-0.25, -0.2) is 4.79 Å². The summed E-state index contributed by atoms with van der Waals surface area (Å²) in [6.07, 6.45) is 2.18. The molecule has 0 aliphatic carbocycles. The van der Waals surface area contributed by atoms with Crippen LogP contribution in [0.4, 0.5) is 0 Å². The van der Waals surface area contributed by atoms with Gasteiger partial charge in [-0.3, -0.25) is 4.99 Å². The summed E-state index contributed by atoms with van der Waals surface area (Å²) in [7, 11) is 0. The summed E-state index contributed by atoms with van der Waals surface area (Å²) in [6.45, 7) is 7.77. The molecule has 1 N–H and O–H groups in total.